The number of benzene rings is 1. The highest BCUT2D eigenvalue weighted by Crippen LogP contribution is 2.35. The molecule has 1 fully saturated rings. The SMILES string of the molecule is CCc1cnc(O[C@H]2CC[C@@H](c3nc(COc4ccc(S(C)(=O)=O)cc4F)cs3)CC2)nc1. The molecule has 1 aliphatic rings. The van der Waals surface area contributed by atoms with E-state index in [-0.39, 0.29) is 23.4 Å². The quantitative estimate of drug-likeness (QED) is 0.450. The molecule has 4 rings (SSSR count). The lowest BCUT2D eigenvalue weighted by atomic mass is 9.88. The van der Waals surface area contributed by atoms with Crippen LogP contribution in [-0.4, -0.2) is 35.7 Å². The predicted molar refractivity (Wildman–Crippen MR) is 123 cm³/mol. The monoisotopic (exact) mass is 491 g/mol. The zero-order valence-corrected chi connectivity index (χ0v) is 20.2. The van der Waals surface area contributed by atoms with Gasteiger partial charge < -0.3 is 9.47 Å². The number of halogens is 1. The van der Waals surface area contributed by atoms with E-state index in [1.807, 2.05) is 5.38 Å². The van der Waals surface area contributed by atoms with Crippen molar-refractivity contribution in [2.24, 2.45) is 0 Å². The molecule has 1 aromatic carbocycles. The largest absolute Gasteiger partial charge is 0.484 e. The first kappa shape index (κ1) is 23.6. The zero-order chi connectivity index (χ0) is 23.4. The maximum absolute atomic E-state index is 14.2. The molecule has 0 unspecified atom stereocenters. The van der Waals surface area contributed by atoms with E-state index in [0.29, 0.717) is 11.9 Å². The molecule has 0 aliphatic heterocycles. The number of sulfone groups is 1. The summed E-state index contributed by atoms with van der Waals surface area (Å²) in [4.78, 5) is 13.2. The van der Waals surface area contributed by atoms with Crippen molar-refractivity contribution in [1.29, 1.82) is 0 Å². The molecule has 1 saturated carbocycles. The van der Waals surface area contributed by atoms with Gasteiger partial charge in [0.2, 0.25) is 0 Å². The number of ether oxygens (including phenoxy) is 2. The van der Waals surface area contributed by atoms with Gasteiger partial charge in [-0.05, 0) is 55.9 Å². The van der Waals surface area contributed by atoms with Crippen LogP contribution in [0.4, 0.5) is 4.39 Å². The second-order valence-corrected chi connectivity index (χ2v) is 11.1. The van der Waals surface area contributed by atoms with Crippen LogP contribution in [0.15, 0.2) is 40.9 Å². The maximum atomic E-state index is 14.2. The van der Waals surface area contributed by atoms with Gasteiger partial charge in [0.25, 0.3) is 0 Å². The third-order valence-corrected chi connectivity index (χ3v) is 7.83. The third kappa shape index (κ3) is 6.05. The van der Waals surface area contributed by atoms with Gasteiger partial charge in [-0.1, -0.05) is 6.92 Å². The topological polar surface area (TPSA) is 91.3 Å². The van der Waals surface area contributed by atoms with Crippen molar-refractivity contribution >= 4 is 21.2 Å². The summed E-state index contributed by atoms with van der Waals surface area (Å²) in [6.45, 7) is 2.18. The summed E-state index contributed by atoms with van der Waals surface area (Å²) in [6, 6.07) is 4.08. The molecule has 3 aromatic rings. The van der Waals surface area contributed by atoms with Gasteiger partial charge in [0.1, 0.15) is 12.7 Å². The first-order chi connectivity index (χ1) is 15.8. The molecule has 0 radical (unpaired) electrons. The molecule has 33 heavy (non-hydrogen) atoms. The first-order valence-electron chi connectivity index (χ1n) is 10.9. The minimum Gasteiger partial charge on any atom is -0.484 e. The van der Waals surface area contributed by atoms with Gasteiger partial charge in [-0.25, -0.2) is 27.8 Å². The Morgan fingerprint density at radius 1 is 1.15 bits per heavy atom. The van der Waals surface area contributed by atoms with Gasteiger partial charge in [0.05, 0.1) is 15.6 Å². The Bertz CT molecular complexity index is 1190. The number of hydrogen-bond donors (Lipinski definition) is 0. The van der Waals surface area contributed by atoms with Crippen LogP contribution < -0.4 is 9.47 Å². The van der Waals surface area contributed by atoms with Crippen LogP contribution in [0, 0.1) is 5.82 Å². The number of aryl methyl sites for hydroxylation is 1. The highest BCUT2D eigenvalue weighted by Gasteiger charge is 2.26. The highest BCUT2D eigenvalue weighted by molar-refractivity contribution is 7.90. The molecule has 0 spiro atoms. The minimum atomic E-state index is -3.47. The average Bonchev–Trinajstić information content (AvgIpc) is 3.28. The molecule has 176 valence electrons. The molecular formula is C23H26FN3O4S2. The number of thiazole rings is 1. The fraction of sp³-hybridized carbons (Fsp3) is 0.435. The molecule has 2 aromatic heterocycles. The smallest absolute Gasteiger partial charge is 0.316 e. The van der Waals surface area contributed by atoms with Gasteiger partial charge in [0, 0.05) is 29.9 Å². The molecule has 1 aliphatic carbocycles. The summed E-state index contributed by atoms with van der Waals surface area (Å²) in [5.74, 6) is -0.346. The summed E-state index contributed by atoms with van der Waals surface area (Å²) < 4.78 is 48.7. The second-order valence-electron chi connectivity index (χ2n) is 8.15. The molecule has 0 atom stereocenters. The van der Waals surface area contributed by atoms with Gasteiger partial charge in [-0.3, -0.25) is 0 Å². The zero-order valence-electron chi connectivity index (χ0n) is 18.5. The Hall–Kier alpha value is -2.59. The van der Waals surface area contributed by atoms with Crippen LogP contribution in [0.5, 0.6) is 11.8 Å². The molecule has 2 heterocycles. The van der Waals surface area contributed by atoms with Crippen LogP contribution in [0.3, 0.4) is 0 Å². The molecule has 10 heteroatoms. The van der Waals surface area contributed by atoms with Crippen LogP contribution >= 0.6 is 11.3 Å². The van der Waals surface area contributed by atoms with Crippen molar-refractivity contribution in [2.45, 2.75) is 62.6 Å². The van der Waals surface area contributed by atoms with Crippen molar-refractivity contribution in [2.75, 3.05) is 6.26 Å². The lowest BCUT2D eigenvalue weighted by Crippen LogP contribution is -2.24. The van der Waals surface area contributed by atoms with Crippen molar-refractivity contribution in [3.8, 4) is 11.8 Å². The van der Waals surface area contributed by atoms with Gasteiger partial charge >= 0.3 is 6.01 Å². The van der Waals surface area contributed by atoms with Crippen LogP contribution in [0.25, 0.3) is 0 Å². The van der Waals surface area contributed by atoms with E-state index in [9.17, 15) is 12.8 Å². The Kier molecular flexibility index (Phi) is 7.23. The maximum Gasteiger partial charge on any atom is 0.316 e. The molecular weight excluding hydrogens is 465 g/mol. The number of hydrogen-bond acceptors (Lipinski definition) is 8. The van der Waals surface area contributed by atoms with E-state index in [4.69, 9.17) is 9.47 Å². The van der Waals surface area contributed by atoms with E-state index in [0.717, 1.165) is 60.7 Å². The molecule has 0 N–H and O–H groups in total. The van der Waals surface area contributed by atoms with E-state index in [1.54, 1.807) is 23.7 Å². The Balaban J connectivity index is 1.28. The van der Waals surface area contributed by atoms with Crippen LogP contribution in [0.1, 0.15) is 54.8 Å². The average molecular weight is 492 g/mol. The summed E-state index contributed by atoms with van der Waals surface area (Å²) in [7, 11) is -3.47. The fourth-order valence-electron chi connectivity index (χ4n) is 3.72. The first-order valence-corrected chi connectivity index (χ1v) is 13.6. The van der Waals surface area contributed by atoms with Gasteiger partial charge in [0.15, 0.2) is 21.4 Å². The number of aromatic nitrogens is 3. The molecule has 0 amide bonds. The number of nitrogens with zero attached hydrogens (tertiary/aromatic N) is 3. The van der Waals surface area contributed by atoms with Gasteiger partial charge in [-0.15, -0.1) is 11.3 Å². The summed E-state index contributed by atoms with van der Waals surface area (Å²) >= 11 is 1.58. The lowest BCUT2D eigenvalue weighted by Gasteiger charge is -2.27. The summed E-state index contributed by atoms with van der Waals surface area (Å²) in [5, 5.41) is 2.97. The molecule has 0 bridgehead atoms. The van der Waals surface area contributed by atoms with Crippen molar-refractivity contribution in [3.63, 3.8) is 0 Å². The highest BCUT2D eigenvalue weighted by atomic mass is 32.2. The van der Waals surface area contributed by atoms with Crippen molar-refractivity contribution in [3.05, 3.63) is 58.1 Å². The fourth-order valence-corrected chi connectivity index (χ4v) is 5.33. The van der Waals surface area contributed by atoms with Crippen LogP contribution in [-0.2, 0) is 22.9 Å². The van der Waals surface area contributed by atoms with E-state index < -0.39 is 15.7 Å². The predicted octanol–water partition coefficient (Wildman–Crippen LogP) is 4.72. The van der Waals surface area contributed by atoms with Crippen molar-refractivity contribution < 1.29 is 22.3 Å². The van der Waals surface area contributed by atoms with E-state index >= 15 is 0 Å². The number of rotatable bonds is 8. The van der Waals surface area contributed by atoms with E-state index in [2.05, 4.69) is 21.9 Å². The Morgan fingerprint density at radius 2 is 1.88 bits per heavy atom. The minimum absolute atomic E-state index is 0.00351. The van der Waals surface area contributed by atoms with Crippen LogP contribution in [0.2, 0.25) is 0 Å². The van der Waals surface area contributed by atoms with E-state index in [1.165, 1.54) is 12.1 Å². The standard InChI is InChI=1S/C23H26FN3O4S2/c1-3-15-11-25-23(26-12-15)31-18-6-4-16(5-7-18)22-27-17(14-32-22)13-30-21-9-8-19(10-20(21)24)33(2,28)29/h8-12,14,16,18H,3-7,13H2,1-2H3/t16-,18+. The Morgan fingerprint density at radius 3 is 2.52 bits per heavy atom. The normalized spacial score (nSPS) is 18.8. The lowest BCUT2D eigenvalue weighted by molar-refractivity contribution is 0.134. The summed E-state index contributed by atoms with van der Waals surface area (Å²) in [5.41, 5.74) is 1.81. The Labute approximate surface area is 197 Å². The molecule has 7 nitrogen and oxygen atoms in total. The van der Waals surface area contributed by atoms with Crippen molar-refractivity contribution in [1.82, 2.24) is 15.0 Å². The second kappa shape index (κ2) is 10.1. The van der Waals surface area contributed by atoms with Gasteiger partial charge in [-0.2, -0.15) is 0 Å². The molecule has 0 saturated heterocycles. The third-order valence-electron chi connectivity index (χ3n) is 5.66. The summed E-state index contributed by atoms with van der Waals surface area (Å²) in [6.07, 6.45) is 9.40.